The zero-order valence-corrected chi connectivity index (χ0v) is 18.2. The van der Waals surface area contributed by atoms with Gasteiger partial charge in [-0.15, -0.1) is 11.8 Å². The highest BCUT2D eigenvalue weighted by atomic mass is 32.2. The van der Waals surface area contributed by atoms with E-state index >= 15 is 0 Å². The predicted octanol–water partition coefficient (Wildman–Crippen LogP) is 3.81. The van der Waals surface area contributed by atoms with Crippen LogP contribution in [0.1, 0.15) is 25.7 Å². The van der Waals surface area contributed by atoms with E-state index in [4.69, 9.17) is 0 Å². The van der Waals surface area contributed by atoms with E-state index in [9.17, 15) is 23.2 Å². The van der Waals surface area contributed by atoms with Gasteiger partial charge in [-0.25, -0.2) is 8.78 Å². The fourth-order valence-corrected chi connectivity index (χ4v) is 5.10. The largest absolute Gasteiger partial charge is 0.341 e. The molecule has 1 N–H and O–H groups in total. The quantitative estimate of drug-likeness (QED) is 0.706. The molecule has 2 aromatic carbocycles. The third-order valence-corrected chi connectivity index (χ3v) is 6.78. The van der Waals surface area contributed by atoms with Crippen LogP contribution in [0.4, 0.5) is 20.2 Å². The third kappa shape index (κ3) is 4.77. The lowest BCUT2D eigenvalue weighted by Crippen LogP contribution is -2.51. The van der Waals surface area contributed by atoms with Gasteiger partial charge >= 0.3 is 0 Å². The average molecular weight is 460 g/mol. The van der Waals surface area contributed by atoms with Crippen LogP contribution >= 0.6 is 11.8 Å². The lowest BCUT2D eigenvalue weighted by atomic mass is 10.2. The van der Waals surface area contributed by atoms with Crippen molar-refractivity contribution in [3.8, 4) is 0 Å². The maximum absolute atomic E-state index is 13.5. The standard InChI is InChI=1S/C23H23F2N3O3S/c24-16-10-9-15(13-17(16)25)26-20(29)14-28-18-7-3-4-8-19(18)32-21(23(28)31)22(30)27-11-5-1-2-6-12-27/h3-4,7-10,13,21H,1-2,5-6,11-12,14H2,(H,26,29)/t21-/m0/s1. The minimum atomic E-state index is -1.08. The van der Waals surface area contributed by atoms with Crippen molar-refractivity contribution in [1.29, 1.82) is 0 Å². The number of amides is 3. The Morgan fingerprint density at radius 2 is 1.72 bits per heavy atom. The first kappa shape index (κ1) is 22.3. The van der Waals surface area contributed by atoms with Crippen molar-refractivity contribution >= 4 is 40.9 Å². The number of hydrogen-bond donors (Lipinski definition) is 1. The molecule has 0 spiro atoms. The topological polar surface area (TPSA) is 69.7 Å². The number of thioether (sulfide) groups is 1. The predicted molar refractivity (Wildman–Crippen MR) is 118 cm³/mol. The number of para-hydroxylation sites is 1. The van der Waals surface area contributed by atoms with E-state index in [1.54, 1.807) is 17.0 Å². The summed E-state index contributed by atoms with van der Waals surface area (Å²) in [6, 6.07) is 10.1. The molecule has 1 fully saturated rings. The molecule has 1 saturated heterocycles. The van der Waals surface area contributed by atoms with Crippen LogP contribution in [0.25, 0.3) is 0 Å². The first-order valence-electron chi connectivity index (χ1n) is 10.5. The number of anilines is 2. The molecule has 2 heterocycles. The number of carbonyl (C=O) groups is 3. The Kier molecular flexibility index (Phi) is 6.74. The van der Waals surface area contributed by atoms with Crippen molar-refractivity contribution in [2.45, 2.75) is 35.8 Å². The van der Waals surface area contributed by atoms with Crippen molar-refractivity contribution in [2.75, 3.05) is 29.9 Å². The summed E-state index contributed by atoms with van der Waals surface area (Å²) in [6.07, 6.45) is 3.95. The highest BCUT2D eigenvalue weighted by Gasteiger charge is 2.40. The van der Waals surface area contributed by atoms with E-state index in [2.05, 4.69) is 5.32 Å². The second kappa shape index (κ2) is 9.68. The van der Waals surface area contributed by atoms with E-state index in [1.807, 2.05) is 12.1 Å². The van der Waals surface area contributed by atoms with Gasteiger partial charge in [0.05, 0.1) is 5.69 Å². The normalized spacial score (nSPS) is 18.7. The summed E-state index contributed by atoms with van der Waals surface area (Å²) in [4.78, 5) is 42.9. The molecule has 9 heteroatoms. The fourth-order valence-electron chi connectivity index (χ4n) is 3.91. The number of rotatable bonds is 4. The maximum Gasteiger partial charge on any atom is 0.250 e. The van der Waals surface area contributed by atoms with E-state index < -0.39 is 28.7 Å². The molecule has 168 valence electrons. The fraction of sp³-hybridized carbons (Fsp3) is 0.348. The number of fused-ring (bicyclic) bond motifs is 1. The molecule has 2 aliphatic rings. The minimum absolute atomic E-state index is 0.0817. The molecule has 6 nitrogen and oxygen atoms in total. The maximum atomic E-state index is 13.5. The molecule has 1 atom stereocenters. The summed E-state index contributed by atoms with van der Waals surface area (Å²) in [7, 11) is 0. The van der Waals surface area contributed by atoms with Crippen LogP contribution in [0.3, 0.4) is 0 Å². The highest BCUT2D eigenvalue weighted by molar-refractivity contribution is 8.01. The van der Waals surface area contributed by atoms with E-state index in [0.717, 1.165) is 42.7 Å². The number of nitrogens with zero attached hydrogens (tertiary/aromatic N) is 2. The zero-order valence-electron chi connectivity index (χ0n) is 17.4. The average Bonchev–Trinajstić information content (AvgIpc) is 3.07. The summed E-state index contributed by atoms with van der Waals surface area (Å²) in [6.45, 7) is 0.905. The molecule has 4 rings (SSSR count). The first-order chi connectivity index (χ1) is 15.4. The van der Waals surface area contributed by atoms with Crippen LogP contribution in [0, 0.1) is 11.6 Å². The Bertz CT molecular complexity index is 1040. The van der Waals surface area contributed by atoms with Gasteiger partial charge in [-0.3, -0.25) is 14.4 Å². The molecule has 2 aromatic rings. The summed E-state index contributed by atoms with van der Waals surface area (Å²) in [5, 5.41) is 1.52. The van der Waals surface area contributed by atoms with E-state index in [-0.39, 0.29) is 18.1 Å². The van der Waals surface area contributed by atoms with Crippen molar-refractivity contribution in [3.63, 3.8) is 0 Å². The minimum Gasteiger partial charge on any atom is -0.341 e. The van der Waals surface area contributed by atoms with Gasteiger partial charge in [-0.2, -0.15) is 0 Å². The van der Waals surface area contributed by atoms with Gasteiger partial charge in [0.25, 0.3) is 5.91 Å². The molecule has 2 aliphatic heterocycles. The van der Waals surface area contributed by atoms with Crippen molar-refractivity contribution in [1.82, 2.24) is 4.90 Å². The number of halogens is 2. The Balaban J connectivity index is 1.54. The zero-order chi connectivity index (χ0) is 22.7. The number of benzene rings is 2. The molecule has 0 saturated carbocycles. The molecular formula is C23H23F2N3O3S. The van der Waals surface area contributed by atoms with Crippen LogP contribution in [0.2, 0.25) is 0 Å². The van der Waals surface area contributed by atoms with Crippen molar-refractivity contribution in [3.05, 3.63) is 54.1 Å². The van der Waals surface area contributed by atoms with Crippen molar-refractivity contribution in [2.24, 2.45) is 0 Å². The van der Waals surface area contributed by atoms with Crippen molar-refractivity contribution < 1.29 is 23.2 Å². The third-order valence-electron chi connectivity index (χ3n) is 5.54. The molecular weight excluding hydrogens is 436 g/mol. The van der Waals surface area contributed by atoms with Gasteiger partial charge in [0.1, 0.15) is 6.54 Å². The Hall–Kier alpha value is -2.94. The van der Waals surface area contributed by atoms with Crippen LogP contribution in [0.5, 0.6) is 0 Å². The summed E-state index contributed by atoms with van der Waals surface area (Å²) in [5.74, 6) is -3.37. The van der Waals surface area contributed by atoms with Gasteiger partial charge in [-0.1, -0.05) is 25.0 Å². The summed E-state index contributed by atoms with van der Waals surface area (Å²) in [5.41, 5.74) is 0.626. The Morgan fingerprint density at radius 1 is 1.00 bits per heavy atom. The van der Waals surface area contributed by atoms with Crippen LogP contribution in [0.15, 0.2) is 47.4 Å². The van der Waals surface area contributed by atoms with Gasteiger partial charge in [0.2, 0.25) is 11.8 Å². The Morgan fingerprint density at radius 3 is 2.44 bits per heavy atom. The molecule has 0 aromatic heterocycles. The molecule has 0 radical (unpaired) electrons. The monoisotopic (exact) mass is 459 g/mol. The molecule has 3 amide bonds. The second-order valence-corrected chi connectivity index (χ2v) is 8.95. The lowest BCUT2D eigenvalue weighted by Gasteiger charge is -2.34. The van der Waals surface area contributed by atoms with Gasteiger partial charge in [-0.05, 0) is 37.1 Å². The molecule has 0 bridgehead atoms. The highest BCUT2D eigenvalue weighted by Crippen LogP contribution is 2.39. The molecule has 32 heavy (non-hydrogen) atoms. The number of hydrogen-bond acceptors (Lipinski definition) is 4. The molecule has 0 aliphatic carbocycles. The van der Waals surface area contributed by atoms with Crippen LogP contribution in [-0.4, -0.2) is 47.5 Å². The van der Waals surface area contributed by atoms with Gasteiger partial charge in [0.15, 0.2) is 16.9 Å². The second-order valence-electron chi connectivity index (χ2n) is 7.81. The van der Waals surface area contributed by atoms with Crippen LogP contribution in [-0.2, 0) is 14.4 Å². The lowest BCUT2D eigenvalue weighted by molar-refractivity contribution is -0.135. The number of likely N-dealkylation sites (tertiary alicyclic amines) is 1. The van der Waals surface area contributed by atoms with Gasteiger partial charge < -0.3 is 15.1 Å². The van der Waals surface area contributed by atoms with Gasteiger partial charge in [0, 0.05) is 29.7 Å². The molecule has 0 unspecified atom stereocenters. The van der Waals surface area contributed by atoms with E-state index in [0.29, 0.717) is 18.8 Å². The SMILES string of the molecule is O=C(CN1C(=O)[C@H](C(=O)N2CCCCCC2)Sc2ccccc21)Nc1ccc(F)c(F)c1. The number of nitrogens with one attached hydrogen (secondary N) is 1. The smallest absolute Gasteiger partial charge is 0.250 e. The number of carbonyl (C=O) groups excluding carboxylic acids is 3. The summed E-state index contributed by atoms with van der Waals surface area (Å²) < 4.78 is 26.6. The Labute approximate surface area is 188 Å². The summed E-state index contributed by atoms with van der Waals surface area (Å²) >= 11 is 1.21. The van der Waals surface area contributed by atoms with Crippen LogP contribution < -0.4 is 10.2 Å². The van der Waals surface area contributed by atoms with E-state index in [1.165, 1.54) is 22.7 Å². The first-order valence-corrected chi connectivity index (χ1v) is 11.4.